The number of carbonyl (C=O) groups is 5. The molecule has 2 amide bonds. The second-order valence-electron chi connectivity index (χ2n) is 16.6. The minimum Gasteiger partial charge on any atom is -0.508 e. The summed E-state index contributed by atoms with van der Waals surface area (Å²) in [6.07, 6.45) is 0. The first-order valence-electron chi connectivity index (χ1n) is 22.2. The van der Waals surface area contributed by atoms with Gasteiger partial charge < -0.3 is 45.2 Å². The van der Waals surface area contributed by atoms with Gasteiger partial charge in [0.15, 0.2) is 5.43 Å². The zero-order valence-electron chi connectivity index (χ0n) is 38.0. The Bertz CT molecular complexity index is 3720. The second-order valence-corrected chi connectivity index (χ2v) is 16.6. The smallest absolute Gasteiger partial charge is 0.336 e. The van der Waals surface area contributed by atoms with E-state index in [4.69, 9.17) is 8.83 Å². The lowest BCUT2D eigenvalue weighted by Gasteiger charge is -2.19. The topological polar surface area (TPSA) is 258 Å². The Morgan fingerprint density at radius 3 is 1.80 bits per heavy atom. The van der Waals surface area contributed by atoms with Crippen LogP contribution in [0, 0.1) is 0 Å². The van der Waals surface area contributed by atoms with Crippen LogP contribution in [0.5, 0.6) is 5.75 Å². The molecule has 5 aromatic carbocycles. The van der Waals surface area contributed by atoms with E-state index in [0.717, 1.165) is 17.0 Å². The third-order valence-corrected chi connectivity index (χ3v) is 12.1. The second kappa shape index (κ2) is 19.3. The molecular formula is C55H42N4O12. The lowest BCUT2D eigenvalue weighted by atomic mass is 9.88. The molecule has 0 bridgehead atoms. The molecular weight excluding hydrogens is 909 g/mol. The lowest BCUT2D eigenvalue weighted by molar-refractivity contribution is 0.0682. The van der Waals surface area contributed by atoms with Crippen molar-refractivity contribution in [2.75, 3.05) is 13.6 Å². The molecule has 0 saturated carbocycles. The molecule has 9 rings (SSSR count). The summed E-state index contributed by atoms with van der Waals surface area (Å²) in [5, 5.41) is 51.0. The zero-order chi connectivity index (χ0) is 50.1. The van der Waals surface area contributed by atoms with Gasteiger partial charge in [0.25, 0.3) is 11.8 Å². The van der Waals surface area contributed by atoms with Crippen LogP contribution in [0.1, 0.15) is 75.4 Å². The first kappa shape index (κ1) is 46.7. The molecule has 7 N–H and O–H groups in total. The lowest BCUT2D eigenvalue weighted by Crippen LogP contribution is -2.27. The molecule has 71 heavy (non-hydrogen) atoms. The van der Waals surface area contributed by atoms with E-state index in [2.05, 4.69) is 20.9 Å². The van der Waals surface area contributed by atoms with E-state index in [9.17, 15) is 49.2 Å². The number of carboxylic acid groups (broad SMARTS) is 3. The number of aromatic hydroxyl groups is 1. The Kier molecular flexibility index (Phi) is 12.7. The van der Waals surface area contributed by atoms with Gasteiger partial charge in [-0.3, -0.25) is 19.4 Å². The quantitative estimate of drug-likeness (QED) is 0.0506. The number of fused-ring (bicyclic) bond motifs is 4. The highest BCUT2D eigenvalue weighted by Gasteiger charge is 2.27. The molecule has 0 radical (unpaired) electrons. The van der Waals surface area contributed by atoms with Crippen molar-refractivity contribution in [1.29, 1.82) is 0 Å². The molecule has 2 aliphatic heterocycles. The Morgan fingerprint density at radius 2 is 1.13 bits per heavy atom. The molecule has 0 aromatic heterocycles. The minimum absolute atomic E-state index is 0.00942. The molecule has 354 valence electrons. The summed E-state index contributed by atoms with van der Waals surface area (Å²) in [7, 11) is 1.84. The molecule has 16 heteroatoms. The van der Waals surface area contributed by atoms with Crippen molar-refractivity contribution in [1.82, 2.24) is 16.0 Å². The number of hydrogen-bond donors (Lipinski definition) is 7. The summed E-state index contributed by atoms with van der Waals surface area (Å²) in [5.41, 5.74) is 3.88. The van der Waals surface area contributed by atoms with Gasteiger partial charge in [-0.25, -0.2) is 14.4 Å². The van der Waals surface area contributed by atoms with E-state index >= 15 is 0 Å². The van der Waals surface area contributed by atoms with Crippen LogP contribution in [-0.2, 0) is 19.6 Å². The van der Waals surface area contributed by atoms with Crippen molar-refractivity contribution >= 4 is 51.7 Å². The Hall–Kier alpha value is -9.41. The summed E-state index contributed by atoms with van der Waals surface area (Å²) >= 11 is 0. The van der Waals surface area contributed by atoms with Gasteiger partial charge in [-0.15, -0.1) is 0 Å². The van der Waals surface area contributed by atoms with Crippen LogP contribution in [0.25, 0.3) is 66.8 Å². The maximum atomic E-state index is 13.6. The fourth-order valence-corrected chi connectivity index (χ4v) is 8.73. The normalized spacial score (nSPS) is 11.6. The fourth-order valence-electron chi connectivity index (χ4n) is 8.73. The number of phenolic OH excluding ortho intramolecular Hbond substituents is 1. The molecule has 0 spiro atoms. The van der Waals surface area contributed by atoms with Gasteiger partial charge in [0, 0.05) is 75.9 Å². The first-order chi connectivity index (χ1) is 34.2. The number of benzene rings is 7. The Morgan fingerprint density at radius 1 is 0.549 bits per heavy atom. The molecule has 16 nitrogen and oxygen atoms in total. The molecule has 0 saturated heterocycles. The standard InChI is InChI=1S/C55H42N4O12/c1-3-57-33-11-16-38-46(23-33)70-45-20-29(25-56-2)6-13-37(45)48(38)35-14-9-31(21-41(35)54(66)67)52(63)58-26-28-4-7-30(8-5-28)51(62)59-27-43-44(61)19-18-40-49(39-17-12-34(60)24-47(39)71-50(40)43)36-15-10-32(53(64)65)22-42(36)55(68)69/h4-24,56,60H,3,25-27H2,1-2H3,(H,58,63)(H,59,62)(H,64,65)(H,66,67)(H,68,69)/b57-33-. The van der Waals surface area contributed by atoms with Crippen LogP contribution in [0.15, 0.2) is 146 Å². The molecule has 0 unspecified atom stereocenters. The molecule has 5 aromatic rings. The Labute approximate surface area is 402 Å². The highest BCUT2D eigenvalue weighted by molar-refractivity contribution is 6.10. The molecule has 0 fully saturated rings. The van der Waals surface area contributed by atoms with E-state index in [0.29, 0.717) is 68.6 Å². The van der Waals surface area contributed by atoms with Gasteiger partial charge in [0.1, 0.15) is 28.4 Å². The third-order valence-electron chi connectivity index (χ3n) is 12.1. The SMILES string of the molecule is CC/N=c1/ccc2c(-c3ccc(C(=O)NCc4ccc(C(=O)NCc5c6oc7cc(O)ccc7c(-c7ccc(C(=O)O)cc7C(=O)O)c-6ccc5=O)cc4)cc3C(=O)O)c3ccc(CNC)cc3oc-2c1. The van der Waals surface area contributed by atoms with Gasteiger partial charge >= 0.3 is 17.9 Å². The Balaban J connectivity index is 0.936. The monoisotopic (exact) mass is 950 g/mol. The van der Waals surface area contributed by atoms with E-state index in [1.165, 1.54) is 60.7 Å². The predicted molar refractivity (Wildman–Crippen MR) is 263 cm³/mol. The number of nitrogens with zero attached hydrogens (tertiary/aromatic N) is 1. The van der Waals surface area contributed by atoms with E-state index < -0.39 is 35.2 Å². The van der Waals surface area contributed by atoms with Crippen LogP contribution < -0.4 is 26.7 Å². The van der Waals surface area contributed by atoms with Gasteiger partial charge in [-0.1, -0.05) is 36.4 Å². The molecule has 2 aliphatic carbocycles. The van der Waals surface area contributed by atoms with E-state index in [1.807, 2.05) is 50.4 Å². The van der Waals surface area contributed by atoms with Crippen molar-refractivity contribution in [3.8, 4) is 50.7 Å². The van der Waals surface area contributed by atoms with Gasteiger partial charge in [-0.2, -0.15) is 0 Å². The van der Waals surface area contributed by atoms with Crippen LogP contribution in [0.3, 0.4) is 0 Å². The highest BCUT2D eigenvalue weighted by Crippen LogP contribution is 2.44. The average molecular weight is 951 g/mol. The van der Waals surface area contributed by atoms with Crippen molar-refractivity contribution < 1.29 is 53.2 Å². The minimum atomic E-state index is -1.40. The summed E-state index contributed by atoms with van der Waals surface area (Å²) in [5.74, 6) is -4.68. The molecule has 4 aliphatic rings. The van der Waals surface area contributed by atoms with Crippen molar-refractivity contribution in [2.45, 2.75) is 26.6 Å². The average Bonchev–Trinajstić information content (AvgIpc) is 3.36. The largest absolute Gasteiger partial charge is 0.508 e. The van der Waals surface area contributed by atoms with Crippen LogP contribution >= 0.6 is 0 Å². The van der Waals surface area contributed by atoms with Crippen LogP contribution in [0.2, 0.25) is 0 Å². The highest BCUT2D eigenvalue weighted by atomic mass is 16.4. The number of phenols is 1. The number of aromatic carboxylic acids is 3. The number of carboxylic acids is 3. The maximum Gasteiger partial charge on any atom is 0.336 e. The van der Waals surface area contributed by atoms with Gasteiger partial charge in [0.05, 0.1) is 34.2 Å². The number of nitrogens with one attached hydrogen (secondary N) is 3. The summed E-state index contributed by atoms with van der Waals surface area (Å²) < 4.78 is 12.5. The third kappa shape index (κ3) is 9.17. The molecule has 2 heterocycles. The van der Waals surface area contributed by atoms with Crippen molar-refractivity contribution in [3.63, 3.8) is 0 Å². The van der Waals surface area contributed by atoms with E-state index in [-0.39, 0.29) is 69.1 Å². The summed E-state index contributed by atoms with van der Waals surface area (Å²) in [6.45, 7) is 2.80. The van der Waals surface area contributed by atoms with Gasteiger partial charge in [-0.05, 0) is 115 Å². The summed E-state index contributed by atoms with van der Waals surface area (Å²) in [4.78, 5) is 82.1. The van der Waals surface area contributed by atoms with Crippen LogP contribution in [-0.4, -0.2) is 63.7 Å². The van der Waals surface area contributed by atoms with Crippen LogP contribution in [0.4, 0.5) is 0 Å². The van der Waals surface area contributed by atoms with Crippen molar-refractivity contribution in [2.24, 2.45) is 4.99 Å². The zero-order valence-corrected chi connectivity index (χ0v) is 38.0. The number of hydrogen-bond acceptors (Lipinski definition) is 11. The summed E-state index contributed by atoms with van der Waals surface area (Å²) in [6, 6.07) is 32.7. The van der Waals surface area contributed by atoms with E-state index in [1.54, 1.807) is 24.3 Å². The number of amides is 2. The fraction of sp³-hybridized carbons (Fsp3) is 0.109. The van der Waals surface area contributed by atoms with Gasteiger partial charge in [0.2, 0.25) is 0 Å². The van der Waals surface area contributed by atoms with Crippen molar-refractivity contribution in [3.05, 3.63) is 187 Å². The first-order valence-corrected chi connectivity index (χ1v) is 22.2. The maximum absolute atomic E-state index is 13.6. The number of rotatable bonds is 14. The molecule has 0 atom stereocenters. The number of carbonyl (C=O) groups excluding carboxylic acids is 2. The predicted octanol–water partition coefficient (Wildman–Crippen LogP) is 8.38.